The summed E-state index contributed by atoms with van der Waals surface area (Å²) in [4.78, 5) is 1.19. The van der Waals surface area contributed by atoms with Gasteiger partial charge in [-0.25, -0.2) is 0 Å². The van der Waals surface area contributed by atoms with Gasteiger partial charge in [-0.15, -0.1) is 11.3 Å². The Hall–Kier alpha value is -0.320. The van der Waals surface area contributed by atoms with Crippen molar-refractivity contribution in [3.63, 3.8) is 0 Å². The fourth-order valence-corrected chi connectivity index (χ4v) is 2.16. The van der Waals surface area contributed by atoms with Gasteiger partial charge < -0.3 is 10.6 Å². The second kappa shape index (κ2) is 6.30. The summed E-state index contributed by atoms with van der Waals surface area (Å²) in [7, 11) is 0. The molecule has 15 heavy (non-hydrogen) atoms. The third-order valence-electron chi connectivity index (χ3n) is 1.72. The van der Waals surface area contributed by atoms with Crippen LogP contribution in [0.1, 0.15) is 18.7 Å². The van der Waals surface area contributed by atoms with E-state index in [1.165, 1.54) is 4.88 Å². The fraction of sp³-hybridized carbons (Fsp3) is 0.500. The maximum absolute atomic E-state index is 5.82. The lowest BCUT2D eigenvalue weighted by atomic mass is 10.2. The van der Waals surface area contributed by atoms with Gasteiger partial charge in [0.05, 0.1) is 10.9 Å². The Morgan fingerprint density at radius 2 is 2.20 bits per heavy atom. The van der Waals surface area contributed by atoms with E-state index >= 15 is 0 Å². The Bertz CT molecular complexity index is 323. The summed E-state index contributed by atoms with van der Waals surface area (Å²) in [6, 6.07) is 3.90. The highest BCUT2D eigenvalue weighted by atomic mass is 35.5. The standard InChI is InChI=1S/C10H15ClN2S2/c1-7(2)5-12-10(14)13-6-8-3-4-9(11)15-8/h3-4,7H,5-6H2,1-2H3,(H2,12,13,14). The lowest BCUT2D eigenvalue weighted by Gasteiger charge is -2.11. The Labute approximate surface area is 105 Å². The monoisotopic (exact) mass is 262 g/mol. The van der Waals surface area contributed by atoms with Gasteiger partial charge in [0.15, 0.2) is 5.11 Å². The zero-order valence-electron chi connectivity index (χ0n) is 8.84. The van der Waals surface area contributed by atoms with Gasteiger partial charge in [0.2, 0.25) is 0 Å². The van der Waals surface area contributed by atoms with Crippen molar-refractivity contribution in [1.29, 1.82) is 0 Å². The van der Waals surface area contributed by atoms with Crippen molar-refractivity contribution in [3.8, 4) is 0 Å². The van der Waals surface area contributed by atoms with E-state index in [-0.39, 0.29) is 0 Å². The van der Waals surface area contributed by atoms with Gasteiger partial charge in [-0.05, 0) is 30.3 Å². The van der Waals surface area contributed by atoms with Crippen molar-refractivity contribution in [3.05, 3.63) is 21.3 Å². The Kier molecular flexibility index (Phi) is 5.36. The Morgan fingerprint density at radius 3 is 2.73 bits per heavy atom. The highest BCUT2D eigenvalue weighted by Crippen LogP contribution is 2.20. The van der Waals surface area contributed by atoms with Gasteiger partial charge in [0.1, 0.15) is 0 Å². The van der Waals surface area contributed by atoms with E-state index in [0.717, 1.165) is 17.4 Å². The number of halogens is 1. The van der Waals surface area contributed by atoms with E-state index in [0.29, 0.717) is 11.0 Å². The van der Waals surface area contributed by atoms with E-state index in [9.17, 15) is 0 Å². The van der Waals surface area contributed by atoms with Gasteiger partial charge >= 0.3 is 0 Å². The quantitative estimate of drug-likeness (QED) is 0.816. The van der Waals surface area contributed by atoms with Crippen molar-refractivity contribution in [2.75, 3.05) is 6.54 Å². The third-order valence-corrected chi connectivity index (χ3v) is 3.24. The Morgan fingerprint density at radius 1 is 1.47 bits per heavy atom. The zero-order valence-corrected chi connectivity index (χ0v) is 11.2. The maximum Gasteiger partial charge on any atom is 0.166 e. The minimum atomic E-state index is 0.598. The van der Waals surface area contributed by atoms with Gasteiger partial charge in [0, 0.05) is 11.4 Å². The van der Waals surface area contributed by atoms with E-state index in [1.54, 1.807) is 11.3 Å². The largest absolute Gasteiger partial charge is 0.362 e. The van der Waals surface area contributed by atoms with Crippen molar-refractivity contribution in [1.82, 2.24) is 10.6 Å². The molecule has 1 aromatic rings. The normalized spacial score (nSPS) is 10.4. The number of hydrogen-bond acceptors (Lipinski definition) is 2. The molecule has 0 aliphatic rings. The van der Waals surface area contributed by atoms with Crippen LogP contribution in [0.4, 0.5) is 0 Å². The van der Waals surface area contributed by atoms with Gasteiger partial charge in [-0.3, -0.25) is 0 Å². The van der Waals surface area contributed by atoms with Crippen LogP contribution in [-0.2, 0) is 6.54 Å². The van der Waals surface area contributed by atoms with Crippen LogP contribution in [0, 0.1) is 5.92 Å². The molecule has 1 rings (SSSR count). The SMILES string of the molecule is CC(C)CNC(=S)NCc1ccc(Cl)s1. The lowest BCUT2D eigenvalue weighted by Crippen LogP contribution is -2.36. The number of hydrogen-bond donors (Lipinski definition) is 2. The predicted molar refractivity (Wildman–Crippen MR) is 71.6 cm³/mol. The summed E-state index contributed by atoms with van der Waals surface area (Å²) >= 11 is 12.5. The summed E-state index contributed by atoms with van der Waals surface area (Å²) in [6.07, 6.45) is 0. The molecule has 0 atom stereocenters. The van der Waals surface area contributed by atoms with E-state index in [1.807, 2.05) is 12.1 Å². The van der Waals surface area contributed by atoms with Crippen LogP contribution in [-0.4, -0.2) is 11.7 Å². The first kappa shape index (κ1) is 12.7. The van der Waals surface area contributed by atoms with Crippen molar-refractivity contribution < 1.29 is 0 Å². The van der Waals surface area contributed by atoms with Crippen LogP contribution in [0.5, 0.6) is 0 Å². The zero-order chi connectivity index (χ0) is 11.3. The molecular weight excluding hydrogens is 248 g/mol. The molecule has 0 unspecified atom stereocenters. The molecule has 0 spiro atoms. The molecule has 0 amide bonds. The molecule has 0 fully saturated rings. The second-order valence-corrected chi connectivity index (χ2v) is 5.87. The summed E-state index contributed by atoms with van der Waals surface area (Å²) in [5.74, 6) is 0.598. The molecule has 1 heterocycles. The maximum atomic E-state index is 5.82. The predicted octanol–water partition coefficient (Wildman–Crippen LogP) is 3.02. The second-order valence-electron chi connectivity index (χ2n) is 3.66. The van der Waals surface area contributed by atoms with Gasteiger partial charge in [0.25, 0.3) is 0 Å². The van der Waals surface area contributed by atoms with Crippen LogP contribution in [0.2, 0.25) is 4.34 Å². The molecule has 2 nitrogen and oxygen atoms in total. The first-order valence-corrected chi connectivity index (χ1v) is 6.44. The fourth-order valence-electron chi connectivity index (χ4n) is 0.973. The minimum absolute atomic E-state index is 0.598. The molecule has 0 aromatic carbocycles. The molecule has 0 saturated carbocycles. The summed E-state index contributed by atoms with van der Waals surface area (Å²) < 4.78 is 0.813. The van der Waals surface area contributed by atoms with Crippen molar-refractivity contribution >= 4 is 40.3 Å². The molecule has 0 bridgehead atoms. The van der Waals surface area contributed by atoms with Crippen LogP contribution in [0.15, 0.2) is 12.1 Å². The molecule has 84 valence electrons. The summed E-state index contributed by atoms with van der Waals surface area (Å²) in [6.45, 7) is 5.93. The lowest BCUT2D eigenvalue weighted by molar-refractivity contribution is 0.619. The first-order chi connectivity index (χ1) is 7.08. The molecule has 0 aliphatic carbocycles. The Balaban J connectivity index is 2.22. The molecule has 2 N–H and O–H groups in total. The molecule has 0 aliphatic heterocycles. The average Bonchev–Trinajstić information content (AvgIpc) is 2.58. The third kappa shape index (κ3) is 5.35. The minimum Gasteiger partial charge on any atom is -0.362 e. The van der Waals surface area contributed by atoms with E-state index in [4.69, 9.17) is 23.8 Å². The van der Waals surface area contributed by atoms with Gasteiger partial charge in [-0.1, -0.05) is 25.4 Å². The summed E-state index contributed by atoms with van der Waals surface area (Å²) in [5.41, 5.74) is 0. The molecule has 0 radical (unpaired) electrons. The molecule has 0 saturated heterocycles. The van der Waals surface area contributed by atoms with E-state index < -0.39 is 0 Å². The number of rotatable bonds is 4. The molecule has 5 heteroatoms. The smallest absolute Gasteiger partial charge is 0.166 e. The van der Waals surface area contributed by atoms with Gasteiger partial charge in [-0.2, -0.15) is 0 Å². The number of thiophene rings is 1. The van der Waals surface area contributed by atoms with E-state index in [2.05, 4.69) is 24.5 Å². The number of nitrogens with one attached hydrogen (secondary N) is 2. The van der Waals surface area contributed by atoms with Crippen LogP contribution in [0.25, 0.3) is 0 Å². The highest BCUT2D eigenvalue weighted by molar-refractivity contribution is 7.80. The highest BCUT2D eigenvalue weighted by Gasteiger charge is 2.00. The number of thiocarbonyl (C=S) groups is 1. The van der Waals surface area contributed by atoms with Crippen LogP contribution in [0.3, 0.4) is 0 Å². The topological polar surface area (TPSA) is 24.1 Å². The average molecular weight is 263 g/mol. The van der Waals surface area contributed by atoms with Crippen molar-refractivity contribution in [2.45, 2.75) is 20.4 Å². The van der Waals surface area contributed by atoms with Crippen LogP contribution < -0.4 is 10.6 Å². The molecule has 1 aromatic heterocycles. The first-order valence-electron chi connectivity index (χ1n) is 4.84. The molecular formula is C10H15ClN2S2. The van der Waals surface area contributed by atoms with Crippen molar-refractivity contribution in [2.24, 2.45) is 5.92 Å². The summed E-state index contributed by atoms with van der Waals surface area (Å²) in [5, 5.41) is 6.99. The van der Waals surface area contributed by atoms with Crippen LogP contribution >= 0.6 is 35.2 Å².